The summed E-state index contributed by atoms with van der Waals surface area (Å²) in [5.74, 6) is 0.534. The van der Waals surface area contributed by atoms with Crippen LogP contribution in [0.3, 0.4) is 0 Å². The van der Waals surface area contributed by atoms with Gasteiger partial charge in [-0.15, -0.1) is 0 Å². The Kier molecular flexibility index (Phi) is 6.33. The highest BCUT2D eigenvalue weighted by Crippen LogP contribution is 2.25. The molecule has 4 N–H and O–H groups in total. The molecule has 2 fully saturated rings. The van der Waals surface area contributed by atoms with E-state index >= 15 is 0 Å². The van der Waals surface area contributed by atoms with Crippen molar-refractivity contribution in [2.75, 3.05) is 47.8 Å². The van der Waals surface area contributed by atoms with Crippen LogP contribution in [0.2, 0.25) is 0 Å². The molecule has 10 nitrogen and oxygen atoms in total. The number of ether oxygens (including phenoxy) is 1. The number of carbonyl (C=O) groups is 1. The highest BCUT2D eigenvalue weighted by Gasteiger charge is 2.35. The van der Waals surface area contributed by atoms with Crippen molar-refractivity contribution in [3.63, 3.8) is 0 Å². The van der Waals surface area contributed by atoms with Crippen molar-refractivity contribution in [1.82, 2.24) is 25.6 Å². The van der Waals surface area contributed by atoms with Crippen molar-refractivity contribution < 1.29 is 9.53 Å². The van der Waals surface area contributed by atoms with Gasteiger partial charge in [0.2, 0.25) is 6.23 Å². The molecule has 0 aromatic heterocycles. The normalized spacial score (nSPS) is 23.8. The Labute approximate surface area is 188 Å². The third-order valence-electron chi connectivity index (χ3n) is 5.88. The molecule has 1 amide bonds. The first kappa shape index (κ1) is 22.1. The largest absolute Gasteiger partial charge is 0.437 e. The van der Waals surface area contributed by atoms with Crippen LogP contribution in [0.25, 0.3) is 0 Å². The fourth-order valence-electron chi connectivity index (χ4n) is 3.97. The van der Waals surface area contributed by atoms with Crippen molar-refractivity contribution in [1.29, 1.82) is 0 Å². The molecule has 0 aliphatic carbocycles. The van der Waals surface area contributed by atoms with E-state index in [4.69, 9.17) is 20.5 Å². The average molecular weight is 441 g/mol. The summed E-state index contributed by atoms with van der Waals surface area (Å²) in [6.07, 6.45) is 1.50. The predicted octanol–water partition coefficient (Wildman–Crippen LogP) is 0.151. The maximum absolute atomic E-state index is 12.2. The third kappa shape index (κ3) is 4.56. The molecule has 32 heavy (non-hydrogen) atoms. The minimum absolute atomic E-state index is 0.0308. The lowest BCUT2D eigenvalue weighted by Gasteiger charge is -2.30. The van der Waals surface area contributed by atoms with Crippen LogP contribution in [0.1, 0.15) is 28.8 Å². The molecule has 2 saturated heterocycles. The van der Waals surface area contributed by atoms with Gasteiger partial charge in [-0.3, -0.25) is 10.2 Å². The lowest BCUT2D eigenvalue weighted by Crippen LogP contribution is -2.41. The predicted molar refractivity (Wildman–Crippen MR) is 124 cm³/mol. The molecule has 4 rings (SSSR count). The van der Waals surface area contributed by atoms with E-state index in [2.05, 4.69) is 10.7 Å². The fraction of sp³-hybridized carbons (Fsp3) is 0.500. The molecule has 1 aromatic carbocycles. The van der Waals surface area contributed by atoms with Crippen LogP contribution < -0.4 is 16.5 Å². The van der Waals surface area contributed by atoms with E-state index in [1.54, 1.807) is 19.0 Å². The Bertz CT molecular complexity index is 947. The summed E-state index contributed by atoms with van der Waals surface area (Å²) in [5, 5.41) is 5.18. The molecule has 1 atom stereocenters. The van der Waals surface area contributed by atoms with E-state index in [9.17, 15) is 4.79 Å². The molecule has 3 aliphatic heterocycles. The van der Waals surface area contributed by atoms with Gasteiger partial charge in [0.1, 0.15) is 11.5 Å². The number of nitrogens with two attached hydrogens (primary N) is 1. The maximum Gasteiger partial charge on any atom is 0.302 e. The molecule has 0 spiro atoms. The molecule has 1 aromatic rings. The number of amidine groups is 1. The number of nitrogens with zero attached hydrogens (tertiary/aromatic N) is 5. The van der Waals surface area contributed by atoms with Crippen LogP contribution in [0.4, 0.5) is 0 Å². The van der Waals surface area contributed by atoms with Crippen LogP contribution in [0.5, 0.6) is 0 Å². The van der Waals surface area contributed by atoms with Gasteiger partial charge in [0.15, 0.2) is 0 Å². The van der Waals surface area contributed by atoms with Crippen molar-refractivity contribution >= 4 is 17.6 Å². The number of piperidine rings is 1. The average Bonchev–Trinajstić information content (AvgIpc) is 3.15. The first-order valence-electron chi connectivity index (χ1n) is 10.9. The van der Waals surface area contributed by atoms with Crippen LogP contribution >= 0.6 is 0 Å². The van der Waals surface area contributed by atoms with Gasteiger partial charge in [-0.2, -0.15) is 5.01 Å². The van der Waals surface area contributed by atoms with Crippen LogP contribution in [0, 0.1) is 0 Å². The SMILES string of the molecule is CN(C)C(=O)c1ccc(C2=NC(C3OC(=NC4CCNCC4)NN3C)=C(N)N(C)C2)cc1. The zero-order chi connectivity index (χ0) is 22.8. The quantitative estimate of drug-likeness (QED) is 0.611. The summed E-state index contributed by atoms with van der Waals surface area (Å²) < 4.78 is 6.12. The van der Waals surface area contributed by atoms with Crippen molar-refractivity contribution in [2.24, 2.45) is 15.7 Å². The van der Waals surface area contributed by atoms with E-state index in [-0.39, 0.29) is 11.9 Å². The number of likely N-dealkylation sites (N-methyl/N-ethyl adjacent to an activating group) is 2. The van der Waals surface area contributed by atoms with Gasteiger partial charge in [-0.05, 0) is 43.6 Å². The molecule has 0 bridgehead atoms. The number of hydrogen-bond acceptors (Lipinski definition) is 8. The molecule has 1 unspecified atom stereocenters. The minimum Gasteiger partial charge on any atom is -0.437 e. The van der Waals surface area contributed by atoms with Crippen molar-refractivity contribution in [3.8, 4) is 0 Å². The van der Waals surface area contributed by atoms with Gasteiger partial charge in [-0.1, -0.05) is 12.1 Å². The number of hydrogen-bond donors (Lipinski definition) is 3. The first-order chi connectivity index (χ1) is 15.3. The summed E-state index contributed by atoms with van der Waals surface area (Å²) >= 11 is 0. The summed E-state index contributed by atoms with van der Waals surface area (Å²) in [6, 6.07) is 8.24. The van der Waals surface area contributed by atoms with E-state index in [1.165, 1.54) is 0 Å². The second-order valence-corrected chi connectivity index (χ2v) is 8.57. The standard InChI is InChI=1S/C22H32N8O2/c1-28(2)20(31)15-7-5-14(6-8-15)17-13-29(3)19(23)18(26-17)21-30(4)27-22(32-21)25-16-9-11-24-12-10-16/h5-8,16,21,24H,9-13,23H2,1-4H3,(H,25,27). The number of benzene rings is 1. The second-order valence-electron chi connectivity index (χ2n) is 8.57. The first-order valence-corrected chi connectivity index (χ1v) is 10.9. The topological polar surface area (TPSA) is 111 Å². The van der Waals surface area contributed by atoms with Crippen LogP contribution in [0.15, 0.2) is 45.8 Å². The molecule has 3 heterocycles. The molecular weight excluding hydrogens is 408 g/mol. The zero-order valence-electron chi connectivity index (χ0n) is 19.1. The number of amides is 1. The third-order valence-corrected chi connectivity index (χ3v) is 5.88. The fourth-order valence-corrected chi connectivity index (χ4v) is 3.97. The molecule has 172 valence electrons. The molecule has 0 radical (unpaired) electrons. The second kappa shape index (κ2) is 9.17. The Morgan fingerprint density at radius 3 is 2.56 bits per heavy atom. The monoisotopic (exact) mass is 440 g/mol. The molecular formula is C22H32N8O2. The molecule has 3 aliphatic rings. The van der Waals surface area contributed by atoms with E-state index in [0.717, 1.165) is 37.2 Å². The Morgan fingerprint density at radius 1 is 1.22 bits per heavy atom. The van der Waals surface area contributed by atoms with Crippen molar-refractivity contribution in [2.45, 2.75) is 25.1 Å². The number of rotatable bonds is 4. The summed E-state index contributed by atoms with van der Waals surface area (Å²) in [7, 11) is 7.30. The van der Waals surface area contributed by atoms with Gasteiger partial charge in [0.25, 0.3) is 5.91 Å². The number of aliphatic imine (C=N–C) groups is 2. The highest BCUT2D eigenvalue weighted by atomic mass is 16.6. The van der Waals surface area contributed by atoms with Crippen LogP contribution in [-0.4, -0.2) is 92.5 Å². The van der Waals surface area contributed by atoms with Gasteiger partial charge in [0, 0.05) is 33.8 Å². The smallest absolute Gasteiger partial charge is 0.302 e. The Balaban J connectivity index is 1.56. The number of hydrazine groups is 1. The van der Waals surface area contributed by atoms with Crippen molar-refractivity contribution in [3.05, 3.63) is 46.9 Å². The summed E-state index contributed by atoms with van der Waals surface area (Å²) in [4.78, 5) is 25.3. The number of carbonyl (C=O) groups excluding carboxylic acids is 1. The number of nitrogens with one attached hydrogen (secondary N) is 2. The summed E-state index contributed by atoms with van der Waals surface area (Å²) in [6.45, 7) is 2.50. The van der Waals surface area contributed by atoms with Gasteiger partial charge >= 0.3 is 6.02 Å². The van der Waals surface area contributed by atoms with Crippen LogP contribution in [-0.2, 0) is 4.74 Å². The minimum atomic E-state index is -0.484. The Morgan fingerprint density at radius 2 is 1.91 bits per heavy atom. The van der Waals surface area contributed by atoms with Gasteiger partial charge in [-0.25, -0.2) is 9.98 Å². The zero-order valence-corrected chi connectivity index (χ0v) is 19.1. The lowest BCUT2D eigenvalue weighted by molar-refractivity contribution is 0.0827. The molecule has 10 heteroatoms. The Hall–Kier alpha value is -3.11. The lowest BCUT2D eigenvalue weighted by atomic mass is 10.0. The maximum atomic E-state index is 12.2. The van der Waals surface area contributed by atoms with E-state index < -0.39 is 6.23 Å². The van der Waals surface area contributed by atoms with E-state index in [1.807, 2.05) is 48.3 Å². The summed E-state index contributed by atoms with van der Waals surface area (Å²) in [5.41, 5.74) is 12.7. The molecule has 0 saturated carbocycles. The van der Waals surface area contributed by atoms with Gasteiger partial charge in [0.05, 0.1) is 18.3 Å². The van der Waals surface area contributed by atoms with E-state index in [0.29, 0.717) is 29.6 Å². The highest BCUT2D eigenvalue weighted by molar-refractivity contribution is 6.04. The van der Waals surface area contributed by atoms with Gasteiger partial charge < -0.3 is 25.6 Å².